The van der Waals surface area contributed by atoms with Crippen molar-refractivity contribution in [2.24, 2.45) is 11.7 Å². The summed E-state index contributed by atoms with van der Waals surface area (Å²) in [7, 11) is 0. The number of hydrogen-bond donors (Lipinski definition) is 1. The molecule has 1 aromatic heterocycles. The van der Waals surface area contributed by atoms with Crippen molar-refractivity contribution in [2.75, 3.05) is 6.61 Å². The number of halogens is 3. The fourth-order valence-electron chi connectivity index (χ4n) is 4.01. The number of aromatic nitrogens is 1. The average Bonchev–Trinajstić information content (AvgIpc) is 3.71. The van der Waals surface area contributed by atoms with Crippen LogP contribution in [-0.4, -0.2) is 47.3 Å². The zero-order chi connectivity index (χ0) is 26.6. The molecule has 2 aliphatic rings. The minimum atomic E-state index is -4.14. The molecule has 198 valence electrons. The van der Waals surface area contributed by atoms with E-state index in [0.29, 0.717) is 30.2 Å². The van der Waals surface area contributed by atoms with E-state index in [1.54, 1.807) is 24.5 Å². The lowest BCUT2D eigenvalue weighted by molar-refractivity contribution is -0.146. The van der Waals surface area contributed by atoms with Crippen molar-refractivity contribution in [3.8, 4) is 0 Å². The Kier molecular flexibility index (Phi) is 11.7. The number of nitrogens with two attached hydrogens (primary N) is 1. The van der Waals surface area contributed by atoms with Crippen LogP contribution in [0, 0.1) is 12.8 Å². The monoisotopic (exact) mass is 507 g/mol. The number of aryl methyl sites for hydroxylation is 1. The molecule has 6 nitrogen and oxygen atoms in total. The molecule has 2 fully saturated rings. The molecule has 0 bridgehead atoms. The first-order valence-electron chi connectivity index (χ1n) is 12.2. The summed E-state index contributed by atoms with van der Waals surface area (Å²) in [5, 5.41) is 0. The van der Waals surface area contributed by atoms with Gasteiger partial charge in [0.25, 0.3) is 0 Å². The predicted molar refractivity (Wildman–Crippen MR) is 132 cm³/mol. The van der Waals surface area contributed by atoms with Crippen molar-refractivity contribution in [1.82, 2.24) is 9.88 Å². The van der Waals surface area contributed by atoms with Gasteiger partial charge in [-0.3, -0.25) is 9.78 Å². The van der Waals surface area contributed by atoms with E-state index in [9.17, 15) is 22.8 Å². The third-order valence-electron chi connectivity index (χ3n) is 6.42. The van der Waals surface area contributed by atoms with Crippen LogP contribution in [0.1, 0.15) is 62.5 Å². The van der Waals surface area contributed by atoms with Gasteiger partial charge < -0.3 is 15.4 Å². The van der Waals surface area contributed by atoms with Crippen LogP contribution in [0.2, 0.25) is 0 Å². The summed E-state index contributed by atoms with van der Waals surface area (Å²) >= 11 is 0. The molecule has 2 N–H and O–H groups in total. The normalized spacial score (nSPS) is 19.9. The first-order valence-corrected chi connectivity index (χ1v) is 12.2. The van der Waals surface area contributed by atoms with Gasteiger partial charge in [0.2, 0.25) is 6.41 Å². The highest BCUT2D eigenvalue weighted by molar-refractivity contribution is 5.64. The summed E-state index contributed by atoms with van der Waals surface area (Å²) in [6.45, 7) is 3.44. The van der Waals surface area contributed by atoms with E-state index in [4.69, 9.17) is 10.5 Å². The number of amides is 2. The molecule has 36 heavy (non-hydrogen) atoms. The Morgan fingerprint density at radius 2 is 1.58 bits per heavy atom. The zero-order valence-electron chi connectivity index (χ0n) is 20.9. The zero-order valence-corrected chi connectivity index (χ0v) is 20.9. The Bertz CT molecular complexity index is 871. The Hall–Kier alpha value is -3.10. The fourth-order valence-corrected chi connectivity index (χ4v) is 4.01. The van der Waals surface area contributed by atoms with Crippen LogP contribution in [0.15, 0.2) is 54.9 Å². The van der Waals surface area contributed by atoms with Crippen LogP contribution in [-0.2, 0) is 9.53 Å². The number of nitrogens with zero attached hydrogens (tertiary/aromatic N) is 2. The van der Waals surface area contributed by atoms with Gasteiger partial charge in [-0.1, -0.05) is 35.9 Å². The standard InChI is InChI=1S/C12H20N2O3.C10H11F3.C5H5N/c13-12(16)17-7-9-1-3-10(4-2-9)14(8-15)11-5-6-11;1-7-3-5-9(6-4-7)8(2)10(11,12)13;1-2-4-6-5-3-1/h8-11H,1-7H2,(H2,13,16);3-6,8H,1-2H3;1-5H. The molecule has 1 heterocycles. The van der Waals surface area contributed by atoms with E-state index < -0.39 is 18.2 Å². The number of primary amides is 1. The molecule has 2 saturated carbocycles. The van der Waals surface area contributed by atoms with Crippen LogP contribution in [0.3, 0.4) is 0 Å². The van der Waals surface area contributed by atoms with Gasteiger partial charge in [-0.15, -0.1) is 0 Å². The van der Waals surface area contributed by atoms with Gasteiger partial charge in [-0.05, 0) is 76.0 Å². The summed E-state index contributed by atoms with van der Waals surface area (Å²) < 4.78 is 41.5. The molecule has 0 saturated heterocycles. The SMILES string of the molecule is Cc1ccc(C(C)C(F)(F)F)cc1.NC(=O)OCC1CCC(N(C=O)C2CC2)CC1.c1ccncc1. The van der Waals surface area contributed by atoms with Crippen LogP contribution in [0.25, 0.3) is 0 Å². The lowest BCUT2D eigenvalue weighted by Crippen LogP contribution is -2.39. The van der Waals surface area contributed by atoms with Crippen molar-refractivity contribution in [1.29, 1.82) is 0 Å². The smallest absolute Gasteiger partial charge is 0.404 e. The topological polar surface area (TPSA) is 85.5 Å². The number of ether oxygens (including phenoxy) is 1. The minimum Gasteiger partial charge on any atom is -0.449 e. The maximum Gasteiger partial charge on any atom is 0.404 e. The second-order valence-electron chi connectivity index (χ2n) is 9.29. The molecule has 0 spiro atoms. The van der Waals surface area contributed by atoms with Gasteiger partial charge in [0.05, 0.1) is 12.5 Å². The summed E-state index contributed by atoms with van der Waals surface area (Å²) in [5.74, 6) is -0.973. The lowest BCUT2D eigenvalue weighted by Gasteiger charge is -2.34. The molecule has 2 aliphatic carbocycles. The predicted octanol–water partition coefficient (Wildman–Crippen LogP) is 6.00. The van der Waals surface area contributed by atoms with E-state index in [0.717, 1.165) is 50.5 Å². The Morgan fingerprint density at radius 3 is 1.94 bits per heavy atom. The van der Waals surface area contributed by atoms with Crippen LogP contribution in [0.5, 0.6) is 0 Å². The highest BCUT2D eigenvalue weighted by Gasteiger charge is 2.37. The Morgan fingerprint density at radius 1 is 1.06 bits per heavy atom. The third-order valence-corrected chi connectivity index (χ3v) is 6.42. The molecule has 2 aromatic rings. The highest BCUT2D eigenvalue weighted by atomic mass is 19.4. The second kappa shape index (κ2) is 14.5. The van der Waals surface area contributed by atoms with Crippen molar-refractivity contribution in [3.05, 3.63) is 66.0 Å². The second-order valence-corrected chi connectivity index (χ2v) is 9.29. The van der Waals surface area contributed by atoms with E-state index in [-0.39, 0.29) is 0 Å². The van der Waals surface area contributed by atoms with E-state index in [1.807, 2.05) is 30.0 Å². The van der Waals surface area contributed by atoms with Gasteiger partial charge in [0, 0.05) is 24.5 Å². The van der Waals surface area contributed by atoms with Crippen LogP contribution in [0.4, 0.5) is 18.0 Å². The summed E-state index contributed by atoms with van der Waals surface area (Å²) in [6.07, 6.45) is 6.03. The lowest BCUT2D eigenvalue weighted by atomic mass is 9.86. The van der Waals surface area contributed by atoms with Crippen LogP contribution < -0.4 is 5.73 Å². The number of hydrogen-bond acceptors (Lipinski definition) is 4. The van der Waals surface area contributed by atoms with Crippen molar-refractivity contribution in [2.45, 2.75) is 76.6 Å². The van der Waals surface area contributed by atoms with Gasteiger partial charge in [0.15, 0.2) is 0 Å². The molecular formula is C27H36F3N3O3. The van der Waals surface area contributed by atoms with E-state index in [2.05, 4.69) is 4.98 Å². The summed E-state index contributed by atoms with van der Waals surface area (Å²) in [5.41, 5.74) is 6.23. The third kappa shape index (κ3) is 10.7. The largest absolute Gasteiger partial charge is 0.449 e. The highest BCUT2D eigenvalue weighted by Crippen LogP contribution is 2.35. The van der Waals surface area contributed by atoms with Crippen molar-refractivity contribution >= 4 is 12.5 Å². The van der Waals surface area contributed by atoms with Gasteiger partial charge in [0.1, 0.15) is 0 Å². The summed E-state index contributed by atoms with van der Waals surface area (Å²) in [4.78, 5) is 27.3. The molecule has 1 unspecified atom stereocenters. The number of alkyl halides is 3. The average molecular weight is 508 g/mol. The number of pyridine rings is 1. The maximum atomic E-state index is 12.2. The Labute approximate surface area is 211 Å². The first-order chi connectivity index (χ1) is 17.1. The van der Waals surface area contributed by atoms with Crippen LogP contribution >= 0.6 is 0 Å². The molecule has 1 aromatic carbocycles. The molecule has 0 radical (unpaired) electrons. The number of carbonyl (C=O) groups excluding carboxylic acids is 2. The quantitative estimate of drug-likeness (QED) is 0.486. The number of benzene rings is 1. The van der Waals surface area contributed by atoms with Crippen molar-refractivity contribution in [3.63, 3.8) is 0 Å². The molecule has 0 aliphatic heterocycles. The maximum absolute atomic E-state index is 12.2. The number of carbonyl (C=O) groups is 2. The number of rotatable bonds is 6. The van der Waals surface area contributed by atoms with Gasteiger partial charge in [-0.2, -0.15) is 13.2 Å². The van der Waals surface area contributed by atoms with Crippen molar-refractivity contribution < 1.29 is 27.5 Å². The van der Waals surface area contributed by atoms with Gasteiger partial charge in [-0.25, -0.2) is 4.79 Å². The molecular weight excluding hydrogens is 471 g/mol. The van der Waals surface area contributed by atoms with E-state index in [1.165, 1.54) is 19.1 Å². The Balaban J connectivity index is 0.000000211. The molecule has 9 heteroatoms. The minimum absolute atomic E-state index is 0.318. The molecule has 1 atom stereocenters. The van der Waals surface area contributed by atoms with Gasteiger partial charge >= 0.3 is 12.3 Å². The first kappa shape index (κ1) is 29.1. The molecule has 2 amide bonds. The molecule has 4 rings (SSSR count). The van der Waals surface area contributed by atoms with E-state index >= 15 is 0 Å². The fraction of sp³-hybridized carbons (Fsp3) is 0.519. The summed E-state index contributed by atoms with van der Waals surface area (Å²) in [6, 6.07) is 13.0.